The van der Waals surface area contributed by atoms with Gasteiger partial charge in [-0.3, -0.25) is 0 Å². The van der Waals surface area contributed by atoms with Gasteiger partial charge in [0.25, 0.3) is 0 Å². The summed E-state index contributed by atoms with van der Waals surface area (Å²) in [4.78, 5) is 3.19. The van der Waals surface area contributed by atoms with Crippen LogP contribution in [0.25, 0.3) is 10.9 Å². The molecule has 5 heteroatoms. The highest BCUT2D eigenvalue weighted by atomic mass is 35.5. The molecule has 2 N–H and O–H groups in total. The molecule has 0 radical (unpaired) electrons. The van der Waals surface area contributed by atoms with Crippen molar-refractivity contribution < 1.29 is 9.13 Å². The number of fused-ring (bicyclic) bond motifs is 1. The van der Waals surface area contributed by atoms with Crippen LogP contribution in [0.1, 0.15) is 24.5 Å². The van der Waals surface area contributed by atoms with Gasteiger partial charge in [-0.15, -0.1) is 12.4 Å². The predicted molar refractivity (Wildman–Crippen MR) is 103 cm³/mol. The fraction of sp³-hybridized carbons (Fsp3) is 0.300. The number of nitrogens with one attached hydrogen (secondary N) is 2. The first-order valence-electron chi connectivity index (χ1n) is 8.44. The zero-order valence-corrected chi connectivity index (χ0v) is 15.2. The molecule has 0 amide bonds. The van der Waals surface area contributed by atoms with E-state index in [0.717, 1.165) is 54.8 Å². The summed E-state index contributed by atoms with van der Waals surface area (Å²) in [5, 5.41) is 4.40. The van der Waals surface area contributed by atoms with E-state index >= 15 is 0 Å². The van der Waals surface area contributed by atoms with Crippen molar-refractivity contribution in [2.45, 2.75) is 26.3 Å². The Morgan fingerprint density at radius 3 is 2.88 bits per heavy atom. The first-order valence-corrected chi connectivity index (χ1v) is 8.44. The molecule has 1 aromatic heterocycles. The van der Waals surface area contributed by atoms with Crippen molar-refractivity contribution in [3.05, 3.63) is 65.6 Å². The number of rotatable bonds is 8. The third-order valence-corrected chi connectivity index (χ3v) is 4.00. The van der Waals surface area contributed by atoms with Crippen LogP contribution >= 0.6 is 12.4 Å². The van der Waals surface area contributed by atoms with Crippen molar-refractivity contribution in [2.24, 2.45) is 0 Å². The highest BCUT2D eigenvalue weighted by molar-refractivity contribution is 5.85. The molecule has 3 aromatic rings. The van der Waals surface area contributed by atoms with Crippen molar-refractivity contribution in [2.75, 3.05) is 13.2 Å². The number of halogens is 2. The molecule has 0 saturated carbocycles. The highest BCUT2D eigenvalue weighted by Gasteiger charge is 2.04. The van der Waals surface area contributed by atoms with Crippen molar-refractivity contribution in [1.29, 1.82) is 0 Å². The van der Waals surface area contributed by atoms with Crippen LogP contribution < -0.4 is 10.1 Å². The fourth-order valence-corrected chi connectivity index (χ4v) is 2.78. The fourth-order valence-electron chi connectivity index (χ4n) is 2.78. The Labute approximate surface area is 154 Å². The molecule has 0 aliphatic carbocycles. The Morgan fingerprint density at radius 2 is 2.04 bits per heavy atom. The lowest BCUT2D eigenvalue weighted by atomic mass is 10.1. The third-order valence-electron chi connectivity index (χ3n) is 4.00. The van der Waals surface area contributed by atoms with Gasteiger partial charge >= 0.3 is 0 Å². The van der Waals surface area contributed by atoms with E-state index in [1.165, 1.54) is 11.6 Å². The van der Waals surface area contributed by atoms with Gasteiger partial charge in [-0.25, -0.2) is 4.39 Å². The molecule has 25 heavy (non-hydrogen) atoms. The quantitative estimate of drug-likeness (QED) is 0.562. The van der Waals surface area contributed by atoms with Gasteiger partial charge in [0.15, 0.2) is 0 Å². The van der Waals surface area contributed by atoms with Gasteiger partial charge in [0.2, 0.25) is 0 Å². The van der Waals surface area contributed by atoms with Crippen LogP contribution in [0, 0.1) is 5.82 Å². The lowest BCUT2D eigenvalue weighted by Crippen LogP contribution is -2.16. The van der Waals surface area contributed by atoms with E-state index in [2.05, 4.69) is 29.4 Å². The van der Waals surface area contributed by atoms with Crippen molar-refractivity contribution in [1.82, 2.24) is 10.3 Å². The minimum atomic E-state index is -0.194. The van der Waals surface area contributed by atoms with Crippen LogP contribution in [-0.2, 0) is 13.0 Å². The molecule has 0 bridgehead atoms. The van der Waals surface area contributed by atoms with Gasteiger partial charge in [0.1, 0.15) is 11.6 Å². The molecule has 1 heterocycles. The molecule has 2 aromatic carbocycles. The monoisotopic (exact) mass is 362 g/mol. The molecule has 0 fully saturated rings. The molecule has 0 atom stereocenters. The summed E-state index contributed by atoms with van der Waals surface area (Å²) in [6, 6.07) is 13.0. The molecule has 134 valence electrons. The lowest BCUT2D eigenvalue weighted by Gasteiger charge is -2.08. The van der Waals surface area contributed by atoms with Gasteiger partial charge in [0, 0.05) is 23.6 Å². The number of hydrogen-bond acceptors (Lipinski definition) is 2. The second kappa shape index (κ2) is 9.44. The Kier molecular flexibility index (Phi) is 7.29. The number of benzene rings is 2. The first-order chi connectivity index (χ1) is 11.8. The van der Waals surface area contributed by atoms with E-state index in [0.29, 0.717) is 0 Å². The molecule has 0 unspecified atom stereocenters. The van der Waals surface area contributed by atoms with Crippen LogP contribution in [-0.4, -0.2) is 18.1 Å². The number of aromatic nitrogens is 1. The Bertz CT molecular complexity index is 803. The summed E-state index contributed by atoms with van der Waals surface area (Å²) in [5.41, 5.74) is 3.32. The van der Waals surface area contributed by atoms with Crippen molar-refractivity contribution in [3.63, 3.8) is 0 Å². The lowest BCUT2D eigenvalue weighted by molar-refractivity contribution is 0.317. The van der Waals surface area contributed by atoms with E-state index in [1.807, 2.05) is 18.3 Å². The summed E-state index contributed by atoms with van der Waals surface area (Å²) < 4.78 is 19.0. The average molecular weight is 363 g/mol. The summed E-state index contributed by atoms with van der Waals surface area (Å²) in [6.45, 7) is 4.47. The van der Waals surface area contributed by atoms with Crippen LogP contribution in [0.3, 0.4) is 0 Å². The minimum absolute atomic E-state index is 0. The topological polar surface area (TPSA) is 37.0 Å². The number of hydrogen-bond donors (Lipinski definition) is 2. The van der Waals surface area contributed by atoms with E-state index in [1.54, 1.807) is 12.1 Å². The van der Waals surface area contributed by atoms with Gasteiger partial charge < -0.3 is 15.0 Å². The second-order valence-corrected chi connectivity index (χ2v) is 5.93. The normalized spacial score (nSPS) is 10.6. The average Bonchev–Trinajstić information content (AvgIpc) is 2.99. The molecule has 0 saturated heterocycles. The predicted octanol–water partition coefficient (Wildman–Crippen LogP) is 4.85. The van der Waals surface area contributed by atoms with Crippen LogP contribution in [0.15, 0.2) is 48.7 Å². The van der Waals surface area contributed by atoms with Crippen LogP contribution in [0.2, 0.25) is 0 Å². The molecule has 3 rings (SSSR count). The minimum Gasteiger partial charge on any atom is -0.494 e. The second-order valence-electron chi connectivity index (χ2n) is 5.93. The van der Waals surface area contributed by atoms with Gasteiger partial charge in [-0.1, -0.05) is 19.1 Å². The maximum atomic E-state index is 13.4. The smallest absolute Gasteiger partial charge is 0.123 e. The zero-order valence-electron chi connectivity index (χ0n) is 14.3. The molecule has 3 nitrogen and oxygen atoms in total. The number of aromatic amines is 1. The van der Waals surface area contributed by atoms with Crippen molar-refractivity contribution in [3.8, 4) is 5.75 Å². The Morgan fingerprint density at radius 1 is 1.16 bits per heavy atom. The van der Waals surface area contributed by atoms with Crippen LogP contribution in [0.5, 0.6) is 5.75 Å². The summed E-state index contributed by atoms with van der Waals surface area (Å²) in [5.74, 6) is 0.725. The summed E-state index contributed by atoms with van der Waals surface area (Å²) in [7, 11) is 0. The number of ether oxygens (including phenoxy) is 1. The molecule has 0 aliphatic heterocycles. The summed E-state index contributed by atoms with van der Waals surface area (Å²) in [6.07, 6.45) is 3.83. The molecule has 0 spiro atoms. The number of H-pyrrole nitrogens is 1. The summed E-state index contributed by atoms with van der Waals surface area (Å²) >= 11 is 0. The van der Waals surface area contributed by atoms with E-state index < -0.39 is 0 Å². The highest BCUT2D eigenvalue weighted by Crippen LogP contribution is 2.19. The van der Waals surface area contributed by atoms with Crippen LogP contribution in [0.4, 0.5) is 4.39 Å². The first kappa shape index (κ1) is 19.3. The SMILES string of the molecule is CCCOc1cccc(CNCCc2c[nH]c3ccc(F)cc23)c1.Cl. The zero-order chi connectivity index (χ0) is 16.8. The standard InChI is InChI=1S/C20H23FN2O.ClH/c1-2-10-24-18-5-3-4-15(11-18)13-22-9-8-16-14-23-20-7-6-17(21)12-19(16)20;/h3-7,11-12,14,22-23H,2,8-10,13H2,1H3;1H. The molecular formula is C20H24ClFN2O. The maximum Gasteiger partial charge on any atom is 0.123 e. The van der Waals surface area contributed by atoms with E-state index in [-0.39, 0.29) is 18.2 Å². The molecule has 0 aliphatic rings. The third kappa shape index (κ3) is 5.21. The Balaban J connectivity index is 0.00000225. The van der Waals surface area contributed by atoms with Gasteiger partial charge in [0.05, 0.1) is 6.61 Å². The van der Waals surface area contributed by atoms with Gasteiger partial charge in [-0.2, -0.15) is 0 Å². The Hall–Kier alpha value is -2.04. The van der Waals surface area contributed by atoms with Gasteiger partial charge in [-0.05, 0) is 60.8 Å². The molecular weight excluding hydrogens is 339 g/mol. The largest absolute Gasteiger partial charge is 0.494 e. The maximum absolute atomic E-state index is 13.4. The van der Waals surface area contributed by atoms with E-state index in [9.17, 15) is 4.39 Å². The van der Waals surface area contributed by atoms with E-state index in [4.69, 9.17) is 4.74 Å². The van der Waals surface area contributed by atoms with Crippen molar-refractivity contribution >= 4 is 23.3 Å².